The van der Waals surface area contributed by atoms with Gasteiger partial charge in [-0.2, -0.15) is 0 Å². The Balaban J connectivity index is 2.47. The van der Waals surface area contributed by atoms with E-state index in [4.69, 9.17) is 9.31 Å². The van der Waals surface area contributed by atoms with Crippen molar-refractivity contribution < 1.29 is 19.2 Å². The largest absolute Gasteiger partial charge is 0.495 e. The second-order valence-corrected chi connectivity index (χ2v) is 6.40. The number of carboxylic acid groups (broad SMARTS) is 1. The average Bonchev–Trinajstić information content (AvgIpc) is 2.51. The van der Waals surface area contributed by atoms with Gasteiger partial charge in [-0.3, -0.25) is 0 Å². The highest BCUT2D eigenvalue weighted by Gasteiger charge is 2.52. The smallest absolute Gasteiger partial charge is 0.478 e. The van der Waals surface area contributed by atoms with Gasteiger partial charge in [0.05, 0.1) is 16.8 Å². The molecule has 0 atom stereocenters. The lowest BCUT2D eigenvalue weighted by molar-refractivity contribution is 0.00578. The first-order valence-electron chi connectivity index (χ1n) is 6.75. The topological polar surface area (TPSA) is 55.8 Å². The van der Waals surface area contributed by atoms with E-state index in [1.807, 2.05) is 41.5 Å². The van der Waals surface area contributed by atoms with Crippen LogP contribution in [-0.2, 0) is 9.31 Å². The molecule has 1 fully saturated rings. The van der Waals surface area contributed by atoms with Gasteiger partial charge >= 0.3 is 13.1 Å². The number of aromatic carboxylic acids is 1. The average molecular weight is 276 g/mol. The van der Waals surface area contributed by atoms with Crippen LogP contribution >= 0.6 is 0 Å². The highest BCUT2D eigenvalue weighted by atomic mass is 16.7. The molecule has 1 saturated heterocycles. The van der Waals surface area contributed by atoms with Crippen LogP contribution in [0.15, 0.2) is 12.1 Å². The predicted molar refractivity (Wildman–Crippen MR) is 78.6 cm³/mol. The van der Waals surface area contributed by atoms with Crippen LogP contribution in [0.3, 0.4) is 0 Å². The van der Waals surface area contributed by atoms with Gasteiger partial charge < -0.3 is 14.4 Å². The maximum absolute atomic E-state index is 11.2. The van der Waals surface area contributed by atoms with Gasteiger partial charge in [0, 0.05) is 0 Å². The zero-order valence-corrected chi connectivity index (χ0v) is 12.9. The van der Waals surface area contributed by atoms with Crippen molar-refractivity contribution in [2.75, 3.05) is 0 Å². The van der Waals surface area contributed by atoms with Crippen LogP contribution in [0.5, 0.6) is 0 Å². The van der Waals surface area contributed by atoms with Crippen LogP contribution in [0.1, 0.15) is 49.2 Å². The molecule has 1 aromatic rings. The summed E-state index contributed by atoms with van der Waals surface area (Å²) in [5.41, 5.74) is 2.12. The molecule has 20 heavy (non-hydrogen) atoms. The predicted octanol–water partition coefficient (Wildman–Crippen LogP) is 2.30. The summed E-state index contributed by atoms with van der Waals surface area (Å²) in [5, 5.41) is 9.19. The summed E-state index contributed by atoms with van der Waals surface area (Å²) >= 11 is 0. The number of benzene rings is 1. The molecule has 0 saturated carbocycles. The zero-order chi connectivity index (χ0) is 15.3. The zero-order valence-electron chi connectivity index (χ0n) is 12.9. The lowest BCUT2D eigenvalue weighted by Gasteiger charge is -2.32. The summed E-state index contributed by atoms with van der Waals surface area (Å²) in [6.07, 6.45) is 0. The van der Waals surface area contributed by atoms with Crippen molar-refractivity contribution in [2.24, 2.45) is 0 Å². The summed E-state index contributed by atoms with van der Waals surface area (Å²) in [4.78, 5) is 11.2. The highest BCUT2D eigenvalue weighted by Crippen LogP contribution is 2.36. The van der Waals surface area contributed by atoms with Gasteiger partial charge in [-0.25, -0.2) is 4.79 Å². The molecular weight excluding hydrogens is 255 g/mol. The normalized spacial score (nSPS) is 20.2. The Labute approximate surface area is 120 Å². The van der Waals surface area contributed by atoms with E-state index < -0.39 is 24.3 Å². The van der Waals surface area contributed by atoms with Crippen molar-refractivity contribution in [2.45, 2.75) is 52.7 Å². The standard InChI is InChI=1S/C15H21BO4/c1-9-7-11(13(17)18)8-12(10(9)2)16-19-14(3,4)15(5,6)20-16/h7-8H,1-6H3,(H,17,18). The van der Waals surface area contributed by atoms with Crippen molar-refractivity contribution in [1.29, 1.82) is 0 Å². The minimum Gasteiger partial charge on any atom is -0.478 e. The first kappa shape index (κ1) is 15.1. The monoisotopic (exact) mass is 276 g/mol. The Bertz CT molecular complexity index is 547. The Morgan fingerprint density at radius 1 is 1.10 bits per heavy atom. The van der Waals surface area contributed by atoms with Crippen molar-refractivity contribution in [3.63, 3.8) is 0 Å². The molecule has 1 aliphatic heterocycles. The van der Waals surface area contributed by atoms with Crippen LogP contribution in [-0.4, -0.2) is 29.4 Å². The van der Waals surface area contributed by atoms with Crippen LogP contribution in [0.4, 0.5) is 0 Å². The van der Waals surface area contributed by atoms with Gasteiger partial charge in [-0.1, -0.05) is 0 Å². The molecule has 1 N–H and O–H groups in total. The molecule has 0 spiro atoms. The Kier molecular flexibility index (Phi) is 3.47. The second kappa shape index (κ2) is 4.60. The molecule has 0 radical (unpaired) electrons. The van der Waals surface area contributed by atoms with E-state index >= 15 is 0 Å². The molecule has 0 aliphatic carbocycles. The van der Waals surface area contributed by atoms with Gasteiger partial charge in [0.1, 0.15) is 0 Å². The van der Waals surface area contributed by atoms with E-state index in [9.17, 15) is 9.90 Å². The third-order valence-corrected chi connectivity index (χ3v) is 4.46. The van der Waals surface area contributed by atoms with E-state index in [1.54, 1.807) is 12.1 Å². The maximum atomic E-state index is 11.2. The van der Waals surface area contributed by atoms with E-state index in [-0.39, 0.29) is 5.56 Å². The minimum atomic E-state index is -0.939. The maximum Gasteiger partial charge on any atom is 0.495 e. The van der Waals surface area contributed by atoms with Gasteiger partial charge in [0.2, 0.25) is 0 Å². The van der Waals surface area contributed by atoms with Gasteiger partial charge in [0.15, 0.2) is 0 Å². The molecule has 0 aromatic heterocycles. The lowest BCUT2D eigenvalue weighted by atomic mass is 9.74. The Hall–Kier alpha value is -1.33. The summed E-state index contributed by atoms with van der Waals surface area (Å²) in [5.74, 6) is -0.939. The van der Waals surface area contributed by atoms with Gasteiger partial charge in [-0.15, -0.1) is 0 Å². The Morgan fingerprint density at radius 2 is 1.60 bits per heavy atom. The molecule has 1 heterocycles. The second-order valence-electron chi connectivity index (χ2n) is 6.40. The first-order valence-corrected chi connectivity index (χ1v) is 6.75. The lowest BCUT2D eigenvalue weighted by Crippen LogP contribution is -2.41. The summed E-state index contributed by atoms with van der Waals surface area (Å²) in [6, 6.07) is 3.32. The van der Waals surface area contributed by atoms with E-state index in [1.165, 1.54) is 0 Å². The molecule has 0 amide bonds. The van der Waals surface area contributed by atoms with E-state index in [0.717, 1.165) is 16.6 Å². The van der Waals surface area contributed by atoms with Crippen LogP contribution in [0.2, 0.25) is 0 Å². The number of carboxylic acids is 1. The number of carbonyl (C=O) groups is 1. The van der Waals surface area contributed by atoms with Crippen LogP contribution in [0, 0.1) is 13.8 Å². The van der Waals surface area contributed by atoms with E-state index in [0.29, 0.717) is 0 Å². The quantitative estimate of drug-likeness (QED) is 0.842. The molecule has 108 valence electrons. The van der Waals surface area contributed by atoms with Crippen molar-refractivity contribution in [1.82, 2.24) is 0 Å². The van der Waals surface area contributed by atoms with Gasteiger partial charge in [-0.05, 0) is 70.3 Å². The van der Waals surface area contributed by atoms with Crippen LogP contribution in [0.25, 0.3) is 0 Å². The fourth-order valence-corrected chi connectivity index (χ4v) is 2.22. The van der Waals surface area contributed by atoms with Crippen LogP contribution < -0.4 is 5.46 Å². The SMILES string of the molecule is Cc1cc(C(=O)O)cc(B2OC(C)(C)C(C)(C)O2)c1C. The summed E-state index contributed by atoms with van der Waals surface area (Å²) in [7, 11) is -0.530. The Morgan fingerprint density at radius 3 is 2.05 bits per heavy atom. The van der Waals surface area contributed by atoms with Crippen molar-refractivity contribution in [3.05, 3.63) is 28.8 Å². The fourth-order valence-electron chi connectivity index (χ4n) is 2.22. The van der Waals surface area contributed by atoms with Gasteiger partial charge in [0.25, 0.3) is 0 Å². The third-order valence-electron chi connectivity index (χ3n) is 4.46. The molecule has 5 heteroatoms. The minimum absolute atomic E-state index is 0.262. The summed E-state index contributed by atoms with van der Waals surface area (Å²) < 4.78 is 12.0. The van der Waals surface area contributed by atoms with E-state index in [2.05, 4.69) is 0 Å². The number of aryl methyl sites for hydroxylation is 1. The molecular formula is C15H21BO4. The number of hydrogen-bond donors (Lipinski definition) is 1. The highest BCUT2D eigenvalue weighted by molar-refractivity contribution is 6.62. The molecule has 2 rings (SSSR count). The third kappa shape index (κ3) is 2.36. The van der Waals surface area contributed by atoms with Crippen molar-refractivity contribution >= 4 is 18.6 Å². The fraction of sp³-hybridized carbons (Fsp3) is 0.533. The molecule has 0 unspecified atom stereocenters. The number of hydrogen-bond acceptors (Lipinski definition) is 3. The molecule has 4 nitrogen and oxygen atoms in total. The molecule has 0 bridgehead atoms. The summed E-state index contributed by atoms with van der Waals surface area (Å²) in [6.45, 7) is 11.8. The number of rotatable bonds is 2. The van der Waals surface area contributed by atoms with Crippen molar-refractivity contribution in [3.8, 4) is 0 Å². The molecule has 1 aromatic carbocycles. The first-order chi connectivity index (χ1) is 9.05. The molecule has 1 aliphatic rings.